The number of cyclic esters (lactones) is 1. The normalized spacial score (nSPS) is 47.6. The standard InChI is InChI=1S/C29H32O9/c1-13(2)29-21(38-29)18-10-26(18)27(33)9-8-16-17(12-35-23(16)32)20(27)19-11-28(26,37-19)25(29)36-24(34-3)15-6-4-14(5-7-15)22(30)31/h4-7,13,18-21,24-25,33H,8-12H2,1-3H3,(H,30,31)/t18-,19?,20+,21-,24?,25-,26-,27+,28+,29-/m0/s1. The maximum atomic E-state index is 12.6. The van der Waals surface area contributed by atoms with Gasteiger partial charge in [-0.15, -0.1) is 0 Å². The predicted molar refractivity (Wildman–Crippen MR) is 129 cm³/mol. The topological polar surface area (TPSA) is 124 Å². The van der Waals surface area contributed by atoms with Gasteiger partial charge in [0.15, 0.2) is 6.29 Å². The zero-order valence-corrected chi connectivity index (χ0v) is 21.6. The number of carbonyl (C=O) groups is 2. The Balaban J connectivity index is 1.20. The lowest BCUT2D eigenvalue weighted by Crippen LogP contribution is -2.83. The molecule has 9 rings (SSSR count). The van der Waals surface area contributed by atoms with Crippen LogP contribution in [-0.2, 0) is 28.5 Å². The van der Waals surface area contributed by atoms with Gasteiger partial charge in [-0.2, -0.15) is 0 Å². The van der Waals surface area contributed by atoms with Crippen LogP contribution in [-0.4, -0.2) is 71.0 Å². The van der Waals surface area contributed by atoms with Gasteiger partial charge in [-0.1, -0.05) is 26.0 Å². The first-order valence-electron chi connectivity index (χ1n) is 13.6. The van der Waals surface area contributed by atoms with E-state index in [0.29, 0.717) is 24.8 Å². The van der Waals surface area contributed by atoms with Crippen LogP contribution in [0.2, 0.25) is 0 Å². The summed E-state index contributed by atoms with van der Waals surface area (Å²) in [6.07, 6.45) is 1.02. The number of ether oxygens (including phenoxy) is 5. The van der Waals surface area contributed by atoms with Crippen LogP contribution in [0.4, 0.5) is 0 Å². The number of fused-ring (bicyclic) bond motifs is 2. The second-order valence-corrected chi connectivity index (χ2v) is 12.6. The summed E-state index contributed by atoms with van der Waals surface area (Å²) in [5, 5.41) is 21.9. The molecule has 3 saturated carbocycles. The maximum Gasteiger partial charge on any atom is 0.335 e. The number of benzene rings is 1. The molecule has 2 bridgehead atoms. The van der Waals surface area contributed by atoms with E-state index in [9.17, 15) is 19.8 Å². The average molecular weight is 525 g/mol. The number of carboxylic acid groups (broad SMARTS) is 1. The minimum absolute atomic E-state index is 0.0488. The summed E-state index contributed by atoms with van der Waals surface area (Å²) in [6, 6.07) is 6.51. The Bertz CT molecular complexity index is 1300. The van der Waals surface area contributed by atoms with Crippen LogP contribution in [0.5, 0.6) is 0 Å². The van der Waals surface area contributed by atoms with Gasteiger partial charge in [0.1, 0.15) is 23.9 Å². The smallest absolute Gasteiger partial charge is 0.335 e. The van der Waals surface area contributed by atoms with Crippen LogP contribution < -0.4 is 0 Å². The van der Waals surface area contributed by atoms with Gasteiger partial charge < -0.3 is 33.9 Å². The third kappa shape index (κ3) is 2.39. The summed E-state index contributed by atoms with van der Waals surface area (Å²) in [5.41, 5.74) is -0.294. The second kappa shape index (κ2) is 7.06. The van der Waals surface area contributed by atoms with E-state index in [1.165, 1.54) is 0 Å². The van der Waals surface area contributed by atoms with E-state index in [1.807, 2.05) is 0 Å². The summed E-state index contributed by atoms with van der Waals surface area (Å²) in [5.74, 6) is -1.19. The van der Waals surface area contributed by atoms with Gasteiger partial charge >= 0.3 is 11.9 Å². The van der Waals surface area contributed by atoms with Crippen molar-refractivity contribution in [3.63, 3.8) is 0 Å². The number of rotatable bonds is 6. The van der Waals surface area contributed by atoms with Gasteiger partial charge in [0, 0.05) is 41.9 Å². The zero-order valence-electron chi connectivity index (χ0n) is 21.6. The summed E-state index contributed by atoms with van der Waals surface area (Å²) in [6.45, 7) is 4.52. The molecule has 0 aromatic heterocycles. The Morgan fingerprint density at radius 3 is 2.55 bits per heavy atom. The molecule has 2 spiro atoms. The van der Waals surface area contributed by atoms with Crippen molar-refractivity contribution in [2.75, 3.05) is 13.7 Å². The molecule has 1 aromatic rings. The van der Waals surface area contributed by atoms with Crippen molar-refractivity contribution in [1.82, 2.24) is 0 Å². The van der Waals surface area contributed by atoms with E-state index in [4.69, 9.17) is 23.7 Å². The lowest BCUT2D eigenvalue weighted by molar-refractivity contribution is -0.406. The highest BCUT2D eigenvalue weighted by molar-refractivity contribution is 5.92. The summed E-state index contributed by atoms with van der Waals surface area (Å²) in [7, 11) is 1.57. The van der Waals surface area contributed by atoms with Crippen molar-refractivity contribution >= 4 is 11.9 Å². The third-order valence-electron chi connectivity index (χ3n) is 11.1. The van der Waals surface area contributed by atoms with E-state index >= 15 is 0 Å². The van der Waals surface area contributed by atoms with Crippen LogP contribution in [0.25, 0.3) is 0 Å². The molecule has 4 heterocycles. The summed E-state index contributed by atoms with van der Waals surface area (Å²) >= 11 is 0. The van der Waals surface area contributed by atoms with Crippen molar-refractivity contribution in [3.8, 4) is 0 Å². The molecular formula is C29H32O9. The number of esters is 1. The van der Waals surface area contributed by atoms with Crippen molar-refractivity contribution in [2.24, 2.45) is 23.2 Å². The lowest BCUT2D eigenvalue weighted by atomic mass is 9.44. The van der Waals surface area contributed by atoms with Gasteiger partial charge in [0.25, 0.3) is 0 Å². The minimum atomic E-state index is -1.02. The Hall–Kier alpha value is -2.30. The number of aliphatic hydroxyl groups is 1. The first-order chi connectivity index (χ1) is 18.1. The largest absolute Gasteiger partial charge is 0.478 e. The van der Waals surface area contributed by atoms with E-state index < -0.39 is 40.6 Å². The van der Waals surface area contributed by atoms with Gasteiger partial charge in [0.05, 0.1) is 23.4 Å². The number of aromatic carboxylic acids is 1. The Morgan fingerprint density at radius 1 is 1.16 bits per heavy atom. The quantitative estimate of drug-likeness (QED) is 0.328. The fourth-order valence-corrected chi connectivity index (χ4v) is 9.54. The molecule has 1 aromatic carbocycles. The molecule has 0 radical (unpaired) electrons. The summed E-state index contributed by atoms with van der Waals surface area (Å²) < 4.78 is 31.6. The van der Waals surface area contributed by atoms with Crippen molar-refractivity contribution in [2.45, 2.75) is 80.9 Å². The molecule has 9 nitrogen and oxygen atoms in total. The van der Waals surface area contributed by atoms with E-state index in [2.05, 4.69) is 13.8 Å². The molecule has 2 N–H and O–H groups in total. The van der Waals surface area contributed by atoms with Crippen LogP contribution in [0.3, 0.4) is 0 Å². The molecule has 3 saturated heterocycles. The minimum Gasteiger partial charge on any atom is -0.478 e. The molecule has 9 heteroatoms. The van der Waals surface area contributed by atoms with Crippen LogP contribution in [0, 0.1) is 23.2 Å². The molecular weight excluding hydrogens is 492 g/mol. The first-order valence-corrected chi connectivity index (χ1v) is 13.6. The number of hydrogen-bond donors (Lipinski definition) is 2. The van der Waals surface area contributed by atoms with E-state index in [0.717, 1.165) is 17.6 Å². The number of carbonyl (C=O) groups excluding carboxylic acids is 1. The zero-order chi connectivity index (χ0) is 26.4. The number of epoxide rings is 1. The predicted octanol–water partition coefficient (Wildman–Crippen LogP) is 2.76. The fraction of sp³-hybridized carbons (Fsp3) is 0.655. The van der Waals surface area contributed by atoms with Crippen LogP contribution in [0.15, 0.2) is 35.4 Å². The van der Waals surface area contributed by atoms with Crippen molar-refractivity contribution in [1.29, 1.82) is 0 Å². The third-order valence-corrected chi connectivity index (χ3v) is 11.1. The highest BCUT2D eigenvalue weighted by atomic mass is 16.7. The van der Waals surface area contributed by atoms with Crippen LogP contribution in [0.1, 0.15) is 61.7 Å². The molecule has 4 aliphatic carbocycles. The maximum absolute atomic E-state index is 12.6. The number of methoxy groups -OCH3 is 1. The van der Waals surface area contributed by atoms with Gasteiger partial charge in [-0.25, -0.2) is 9.59 Å². The Labute approximate surface area is 220 Å². The number of carboxylic acids is 1. The highest BCUT2D eigenvalue weighted by Crippen LogP contribution is 2.87. The van der Waals surface area contributed by atoms with E-state index in [-0.39, 0.29) is 48.1 Å². The van der Waals surface area contributed by atoms with Gasteiger partial charge in [-0.3, -0.25) is 0 Å². The number of hydrogen-bond acceptors (Lipinski definition) is 8. The SMILES string of the molecule is COC(O[C@@H]1[C@@]2(C(C)C)O[C@H]2[C@@H]2C[C@@]23[C@@]2(O)CCC4=C(COC4=O)[C@@H]2C2C[C@@]13O2)c1ccc(C(=O)O)cc1. The van der Waals surface area contributed by atoms with Gasteiger partial charge in [-0.05, 0) is 42.9 Å². The lowest BCUT2D eigenvalue weighted by Gasteiger charge is -2.72. The summed E-state index contributed by atoms with van der Waals surface area (Å²) in [4.78, 5) is 23.7. The molecule has 8 aliphatic rings. The molecule has 6 fully saturated rings. The molecule has 0 amide bonds. The molecule has 10 atom stereocenters. The second-order valence-electron chi connectivity index (χ2n) is 12.6. The first kappa shape index (κ1) is 23.6. The average Bonchev–Trinajstić information content (AvgIpc) is 3.76. The molecule has 202 valence electrons. The van der Waals surface area contributed by atoms with Crippen molar-refractivity contribution in [3.05, 3.63) is 46.5 Å². The van der Waals surface area contributed by atoms with E-state index in [1.54, 1.807) is 31.4 Å². The monoisotopic (exact) mass is 524 g/mol. The molecule has 38 heavy (non-hydrogen) atoms. The van der Waals surface area contributed by atoms with Crippen LogP contribution >= 0.6 is 0 Å². The fourth-order valence-electron chi connectivity index (χ4n) is 9.54. The Morgan fingerprint density at radius 2 is 1.89 bits per heavy atom. The molecule has 4 aliphatic heterocycles. The molecule has 2 unspecified atom stereocenters. The highest BCUT2D eigenvalue weighted by Gasteiger charge is 2.97. The van der Waals surface area contributed by atoms with Crippen molar-refractivity contribution < 1.29 is 43.5 Å². The Kier molecular flexibility index (Phi) is 4.38. The van der Waals surface area contributed by atoms with Gasteiger partial charge in [0.2, 0.25) is 0 Å².